The molecule has 4 nitrogen and oxygen atoms in total. The van der Waals surface area contributed by atoms with E-state index in [0.717, 1.165) is 6.42 Å². The Morgan fingerprint density at radius 3 is 2.53 bits per heavy atom. The van der Waals surface area contributed by atoms with Crippen LogP contribution in [0, 0.1) is 0 Å². The molecule has 7 heteroatoms. The predicted molar refractivity (Wildman–Crippen MR) is 42.2 cm³/mol. The van der Waals surface area contributed by atoms with E-state index in [1.807, 2.05) is 0 Å². The summed E-state index contributed by atoms with van der Waals surface area (Å²) in [7, 11) is 0. The average molecular weight is 228 g/mol. The van der Waals surface area contributed by atoms with Crippen LogP contribution in [0.4, 0.5) is 13.2 Å². The van der Waals surface area contributed by atoms with E-state index in [9.17, 15) is 18.0 Å². The normalized spacial score (nSPS) is 24.9. The Hall–Kier alpha value is -0.820. The van der Waals surface area contributed by atoms with Gasteiger partial charge in [0.1, 0.15) is 0 Å². The second-order valence-electron chi connectivity index (χ2n) is 3.19. The Morgan fingerprint density at radius 2 is 2.13 bits per heavy atom. The van der Waals surface area contributed by atoms with E-state index in [2.05, 4.69) is 4.74 Å². The van der Waals surface area contributed by atoms with Gasteiger partial charge in [0.05, 0.1) is 0 Å². The largest absolute Gasteiger partial charge is 0.479 e. The van der Waals surface area contributed by atoms with Gasteiger partial charge in [-0.25, -0.2) is 4.79 Å². The van der Waals surface area contributed by atoms with Crippen molar-refractivity contribution in [1.82, 2.24) is 0 Å². The fourth-order valence-corrected chi connectivity index (χ4v) is 1.25. The summed E-state index contributed by atoms with van der Waals surface area (Å²) in [4.78, 5) is 10.3. The van der Waals surface area contributed by atoms with E-state index < -0.39 is 24.5 Å². The molecular formula is C8H11F3O4. The molecule has 15 heavy (non-hydrogen) atoms. The second-order valence-corrected chi connectivity index (χ2v) is 3.19. The van der Waals surface area contributed by atoms with E-state index in [0.29, 0.717) is 19.4 Å². The highest BCUT2D eigenvalue weighted by atomic mass is 19.4. The number of carbonyl (C=O) groups is 1. The van der Waals surface area contributed by atoms with Crippen LogP contribution in [0.25, 0.3) is 0 Å². The van der Waals surface area contributed by atoms with Crippen LogP contribution in [-0.4, -0.2) is 36.3 Å². The maximum Gasteiger partial charge on any atom is 0.425 e. The summed E-state index contributed by atoms with van der Waals surface area (Å²) in [5, 5.41) is 8.34. The number of carboxylic acids is 1. The molecular weight excluding hydrogens is 217 g/mol. The molecule has 0 aliphatic carbocycles. The summed E-state index contributed by atoms with van der Waals surface area (Å²) in [6, 6.07) is 0. The number of carboxylic acid groups (broad SMARTS) is 1. The third-order valence-corrected chi connectivity index (χ3v) is 1.95. The highest BCUT2D eigenvalue weighted by Gasteiger charge is 2.48. The van der Waals surface area contributed by atoms with Crippen molar-refractivity contribution in [3.05, 3.63) is 0 Å². The molecule has 0 bridgehead atoms. The number of alkyl halides is 3. The van der Waals surface area contributed by atoms with Gasteiger partial charge in [-0.2, -0.15) is 13.2 Å². The van der Waals surface area contributed by atoms with Gasteiger partial charge < -0.3 is 14.6 Å². The van der Waals surface area contributed by atoms with Crippen LogP contribution in [0.2, 0.25) is 0 Å². The zero-order valence-electron chi connectivity index (χ0n) is 7.79. The predicted octanol–water partition coefficient (Wildman–Crippen LogP) is 1.55. The van der Waals surface area contributed by atoms with Crippen molar-refractivity contribution >= 4 is 5.97 Å². The van der Waals surface area contributed by atoms with Gasteiger partial charge in [-0.15, -0.1) is 0 Å². The summed E-state index contributed by atoms with van der Waals surface area (Å²) < 4.78 is 45.7. The van der Waals surface area contributed by atoms with Gasteiger partial charge in [0, 0.05) is 6.61 Å². The van der Waals surface area contributed by atoms with E-state index in [1.54, 1.807) is 0 Å². The first kappa shape index (κ1) is 12.3. The Labute approximate surface area is 84.0 Å². The van der Waals surface area contributed by atoms with Gasteiger partial charge in [0.15, 0.2) is 6.29 Å². The van der Waals surface area contributed by atoms with Gasteiger partial charge in [0.2, 0.25) is 0 Å². The third-order valence-electron chi connectivity index (χ3n) is 1.95. The minimum absolute atomic E-state index is 0.292. The molecule has 1 aliphatic rings. The number of aliphatic carboxylic acids is 1. The summed E-state index contributed by atoms with van der Waals surface area (Å²) in [5.41, 5.74) is 0. The number of hydrogen-bond donors (Lipinski definition) is 1. The Bertz CT molecular complexity index is 222. The molecule has 1 rings (SSSR count). The monoisotopic (exact) mass is 228 g/mol. The minimum Gasteiger partial charge on any atom is -0.479 e. The van der Waals surface area contributed by atoms with E-state index in [-0.39, 0.29) is 0 Å². The molecule has 88 valence electrons. The van der Waals surface area contributed by atoms with Crippen molar-refractivity contribution in [2.45, 2.75) is 37.8 Å². The van der Waals surface area contributed by atoms with Crippen molar-refractivity contribution < 1.29 is 32.5 Å². The summed E-state index contributed by atoms with van der Waals surface area (Å²) in [5.74, 6) is -2.04. The first-order chi connectivity index (χ1) is 6.91. The topological polar surface area (TPSA) is 55.8 Å². The molecule has 2 atom stereocenters. The average Bonchev–Trinajstić information content (AvgIpc) is 2.13. The number of hydrogen-bond acceptors (Lipinski definition) is 3. The van der Waals surface area contributed by atoms with Crippen molar-refractivity contribution in [3.8, 4) is 0 Å². The van der Waals surface area contributed by atoms with Gasteiger partial charge in [-0.1, -0.05) is 0 Å². The lowest BCUT2D eigenvalue weighted by Crippen LogP contribution is -2.42. The molecule has 0 aromatic rings. The van der Waals surface area contributed by atoms with Crippen LogP contribution >= 0.6 is 0 Å². The molecule has 1 fully saturated rings. The van der Waals surface area contributed by atoms with Gasteiger partial charge in [-0.05, 0) is 19.3 Å². The van der Waals surface area contributed by atoms with E-state index in [1.165, 1.54) is 0 Å². The zero-order valence-corrected chi connectivity index (χ0v) is 7.79. The molecule has 0 aromatic heterocycles. The van der Waals surface area contributed by atoms with Crippen molar-refractivity contribution in [1.29, 1.82) is 0 Å². The fraction of sp³-hybridized carbons (Fsp3) is 0.875. The molecule has 2 unspecified atom stereocenters. The van der Waals surface area contributed by atoms with Gasteiger partial charge in [0.25, 0.3) is 6.10 Å². The van der Waals surface area contributed by atoms with Crippen LogP contribution in [0.3, 0.4) is 0 Å². The molecule has 1 saturated heterocycles. The molecule has 0 aromatic carbocycles. The second kappa shape index (κ2) is 4.80. The van der Waals surface area contributed by atoms with Gasteiger partial charge in [-0.3, -0.25) is 0 Å². The van der Waals surface area contributed by atoms with Crippen molar-refractivity contribution in [2.24, 2.45) is 0 Å². The molecule has 0 spiro atoms. The Balaban J connectivity index is 2.54. The Kier molecular flexibility index (Phi) is 3.92. The first-order valence-corrected chi connectivity index (χ1v) is 4.48. The lowest BCUT2D eigenvalue weighted by atomic mass is 10.2. The molecule has 1 N–H and O–H groups in total. The van der Waals surface area contributed by atoms with Crippen molar-refractivity contribution in [3.63, 3.8) is 0 Å². The van der Waals surface area contributed by atoms with Gasteiger partial charge >= 0.3 is 12.1 Å². The fourth-order valence-electron chi connectivity index (χ4n) is 1.25. The van der Waals surface area contributed by atoms with Crippen LogP contribution in [-0.2, 0) is 14.3 Å². The maximum absolute atomic E-state index is 12.2. The summed E-state index contributed by atoms with van der Waals surface area (Å²) in [6.07, 6.45) is -7.06. The van der Waals surface area contributed by atoms with E-state index in [4.69, 9.17) is 9.84 Å². The van der Waals surface area contributed by atoms with Crippen LogP contribution in [0.15, 0.2) is 0 Å². The SMILES string of the molecule is O=C(O)C(OC1CCCCO1)C(F)(F)F. The quantitative estimate of drug-likeness (QED) is 0.796. The smallest absolute Gasteiger partial charge is 0.425 e. The molecule has 0 radical (unpaired) electrons. The molecule has 0 saturated carbocycles. The van der Waals surface area contributed by atoms with Crippen LogP contribution < -0.4 is 0 Å². The molecule has 1 heterocycles. The van der Waals surface area contributed by atoms with Crippen LogP contribution in [0.1, 0.15) is 19.3 Å². The molecule has 0 amide bonds. The lowest BCUT2D eigenvalue weighted by Gasteiger charge is -2.26. The highest BCUT2D eigenvalue weighted by molar-refractivity contribution is 5.73. The highest BCUT2D eigenvalue weighted by Crippen LogP contribution is 2.26. The first-order valence-electron chi connectivity index (χ1n) is 4.48. The Morgan fingerprint density at radius 1 is 1.47 bits per heavy atom. The lowest BCUT2D eigenvalue weighted by molar-refractivity contribution is -0.275. The summed E-state index contributed by atoms with van der Waals surface area (Å²) >= 11 is 0. The van der Waals surface area contributed by atoms with Crippen molar-refractivity contribution in [2.75, 3.05) is 6.61 Å². The maximum atomic E-state index is 12.2. The van der Waals surface area contributed by atoms with Crippen LogP contribution in [0.5, 0.6) is 0 Å². The zero-order chi connectivity index (χ0) is 11.5. The third kappa shape index (κ3) is 3.67. The van der Waals surface area contributed by atoms with E-state index >= 15 is 0 Å². The summed E-state index contributed by atoms with van der Waals surface area (Å²) in [6.45, 7) is 0.300. The number of rotatable bonds is 3. The molecule has 1 aliphatic heterocycles. The standard InChI is InChI=1S/C8H11F3O4/c9-8(10,11)6(7(12)13)15-5-3-1-2-4-14-5/h5-6H,1-4H2,(H,12,13). The number of halogens is 3. The minimum atomic E-state index is -4.91. The number of ether oxygens (including phenoxy) is 2.